The van der Waals surface area contributed by atoms with E-state index in [0.29, 0.717) is 37.5 Å². The number of nitrogens with two attached hydrogens (primary N) is 2. The second-order valence-corrected chi connectivity index (χ2v) is 34.3. The average molecular weight is 1720 g/mol. The van der Waals surface area contributed by atoms with Gasteiger partial charge in [0.15, 0.2) is 23.9 Å². The SMILES string of the molecule is CN[C@H](CC(C)C)C(=O)N[C@H]1C(=O)N[C@@H](CC(N)=O)C(=O)N[C@H]2C(=O)N[C@H]3C(=O)N[C@H](C(=O)N[C@H](C(=O)NCCCCCNC(=O)CCCCC4CCSS4)c4cc(O)cc(O)c4-c4cc3ccc4O)[C@H](O)c3ccc(c(Cl)c3)Oc3cc2cc(c3O[C@@H]2O[C@H](CO)[C@@H](O)[C@H](O)[C@H]2O[C@H]2C[C@](C)(N)[C@H](O)[C@H](C)O2)Oc2ccc(cc2Cl)[C@H]1O. The number of rotatable bonds is 24. The maximum absolute atomic E-state index is 16.3. The van der Waals surface area contributed by atoms with Crippen molar-refractivity contribution in [3.63, 3.8) is 0 Å². The molecule has 3 fully saturated rings. The standard InChI is InChI=1S/C79H99Cl2N11O24S2/c1-34(2)23-46(84-5)71(104)91-62-64(99)37-14-17-50(44(80)25-37)112-52-27-39-28-53(68(52)116-78-69(67(102)66(101)54(33-93)114-78)115-57-32-79(4,83)70(103)35(3)111-57)113-51-18-15-38(26-45(51)81)65(100)63-77(110)90-61(73(106)86-21-10-6-9-20-85-56(98)12-8-7-11-41-19-22-117-118-41)43-29-40(94)30-49(96)58(43)42-24-36(13-16-48(42)95)59(74(107)92-63)89-75(108)60(39)88-72(105)47(31-55(82)97)87-76(62)109/h13-18,24-30,34-35,41,46-47,54,57,59-67,69-70,78,84,93-96,99-103H,6-12,19-23,31-33,83H2,1-5H3,(H2,82,97)(H,85,98)(H,86,106)(H,87,109)(H,88,105)(H,89,108)(H,90,110)(H,91,104)(H,92,107)/t35-,41?,46+,47-,54+,57-,59+,60+,61-,62+,63-,64+,65+,66+,67-,69+,70+,78-,79-/m0/s1. The number of aliphatic hydroxyl groups excluding tert-OH is 6. The third-order valence-electron chi connectivity index (χ3n) is 21.2. The Balaban J connectivity index is 1.06. The van der Waals surface area contributed by atoms with Gasteiger partial charge in [-0.2, -0.15) is 0 Å². The fraction of sp³-hybridized carbons (Fsp3) is 0.506. The highest BCUT2D eigenvalue weighted by atomic mass is 35.5. The van der Waals surface area contributed by atoms with Crippen LogP contribution in [0.15, 0.2) is 78.9 Å². The maximum atomic E-state index is 16.3. The van der Waals surface area contributed by atoms with Gasteiger partial charge >= 0.3 is 0 Å². The third kappa shape index (κ3) is 21.4. The van der Waals surface area contributed by atoms with Crippen LogP contribution in [0.2, 0.25) is 10.0 Å². The first-order chi connectivity index (χ1) is 56.1. The monoisotopic (exact) mass is 1720 g/mol. The summed E-state index contributed by atoms with van der Waals surface area (Å²) in [4.78, 5) is 133. The van der Waals surface area contributed by atoms with Gasteiger partial charge in [0.2, 0.25) is 65.2 Å². The molecule has 640 valence electrons. The second kappa shape index (κ2) is 39.4. The van der Waals surface area contributed by atoms with Crippen molar-refractivity contribution in [3.05, 3.63) is 117 Å². The number of carbonyl (C=O) groups excluding carboxylic acids is 9. The summed E-state index contributed by atoms with van der Waals surface area (Å²) in [5, 5.41) is 129. The maximum Gasteiger partial charge on any atom is 0.248 e. The summed E-state index contributed by atoms with van der Waals surface area (Å²) in [6, 6.07) is 0.336. The van der Waals surface area contributed by atoms with Crippen LogP contribution in [0.1, 0.15) is 156 Å². The number of amides is 9. The number of hydrogen-bond donors (Lipinski definition) is 20. The molecule has 8 aliphatic heterocycles. The number of aromatic hydroxyl groups is 3. The van der Waals surface area contributed by atoms with Crippen molar-refractivity contribution < 1.29 is 118 Å². The number of unbranched alkanes of at least 4 members (excludes halogenated alkanes) is 3. The molecular formula is C79H99Cl2N11O24S2. The quantitative estimate of drug-likeness (QED) is 0.0312. The van der Waals surface area contributed by atoms with E-state index in [1.807, 2.05) is 35.4 Å². The zero-order valence-electron chi connectivity index (χ0n) is 65.0. The van der Waals surface area contributed by atoms with Crippen LogP contribution in [0, 0.1) is 5.92 Å². The van der Waals surface area contributed by atoms with Gasteiger partial charge in [0.25, 0.3) is 0 Å². The van der Waals surface area contributed by atoms with Crippen LogP contribution in [0.3, 0.4) is 0 Å². The van der Waals surface area contributed by atoms with Gasteiger partial charge < -0.3 is 134 Å². The molecule has 13 rings (SSSR count). The molecule has 22 N–H and O–H groups in total. The number of hydrogen-bond acceptors (Lipinski definition) is 28. The summed E-state index contributed by atoms with van der Waals surface area (Å²) in [6.07, 6.45) is -12.9. The van der Waals surface area contributed by atoms with Crippen LogP contribution >= 0.6 is 44.8 Å². The number of likely N-dealkylation sites (N-methyl/N-ethyl adjacent to an activating group) is 1. The number of primary amides is 1. The number of benzene rings is 5. The van der Waals surface area contributed by atoms with Crippen LogP contribution in [0.4, 0.5) is 0 Å². The van der Waals surface area contributed by atoms with Crippen molar-refractivity contribution in [1.29, 1.82) is 0 Å². The van der Waals surface area contributed by atoms with E-state index < -0.39 is 220 Å². The van der Waals surface area contributed by atoms with Crippen molar-refractivity contribution in [2.45, 2.75) is 213 Å². The Labute approximate surface area is 696 Å². The highest BCUT2D eigenvalue weighted by Gasteiger charge is 2.52. The largest absolute Gasteiger partial charge is 0.508 e. The molecule has 0 saturated carbocycles. The summed E-state index contributed by atoms with van der Waals surface area (Å²) in [5.41, 5.74) is 8.61. The summed E-state index contributed by atoms with van der Waals surface area (Å²) >= 11 is 14.3. The van der Waals surface area contributed by atoms with Crippen LogP contribution in [0.25, 0.3) is 11.1 Å². The molecular weight excluding hydrogens is 1620 g/mol. The summed E-state index contributed by atoms with van der Waals surface area (Å²) in [6.45, 7) is 6.01. The first-order valence-electron chi connectivity index (χ1n) is 38.7. The topological polar surface area (TPSA) is 551 Å². The molecule has 0 radical (unpaired) electrons. The van der Waals surface area contributed by atoms with Crippen LogP contribution < -0.4 is 73.5 Å². The second-order valence-electron chi connectivity index (χ2n) is 30.7. The van der Waals surface area contributed by atoms with Gasteiger partial charge in [0, 0.05) is 59.7 Å². The number of phenols is 3. The summed E-state index contributed by atoms with van der Waals surface area (Å²) in [5.74, 6) is -13.6. The van der Waals surface area contributed by atoms with Gasteiger partial charge in [0.05, 0.1) is 41.3 Å². The van der Waals surface area contributed by atoms with Crippen molar-refractivity contribution in [2.75, 3.05) is 32.5 Å². The number of aliphatic hydroxyl groups is 6. The molecule has 8 heterocycles. The normalized spacial score (nSPS) is 28.1. The first kappa shape index (κ1) is 89.8. The predicted octanol–water partition coefficient (Wildman–Crippen LogP) is 3.14. The van der Waals surface area contributed by atoms with Gasteiger partial charge in [-0.1, -0.05) is 83.3 Å². The summed E-state index contributed by atoms with van der Waals surface area (Å²) in [7, 11) is 5.24. The minimum atomic E-state index is -2.35. The lowest BCUT2D eigenvalue weighted by Crippen LogP contribution is -2.64. The van der Waals surface area contributed by atoms with Crippen LogP contribution in [0.5, 0.6) is 46.0 Å². The smallest absolute Gasteiger partial charge is 0.248 e. The number of nitrogens with one attached hydrogen (secondary N) is 9. The Bertz CT molecular complexity index is 4550. The summed E-state index contributed by atoms with van der Waals surface area (Å²) < 4.78 is 38.7. The van der Waals surface area contributed by atoms with E-state index in [4.69, 9.17) is 63.1 Å². The van der Waals surface area contributed by atoms with Gasteiger partial charge in [-0.15, -0.1) is 0 Å². The van der Waals surface area contributed by atoms with Gasteiger partial charge in [0.1, 0.15) is 95.5 Å². The fourth-order valence-corrected chi connectivity index (χ4v) is 18.3. The minimum Gasteiger partial charge on any atom is -0.508 e. The molecule has 0 aromatic heterocycles. The van der Waals surface area contributed by atoms with E-state index in [9.17, 15) is 69.9 Å². The fourth-order valence-electron chi connectivity index (χ4n) is 14.8. The third-order valence-corrected chi connectivity index (χ3v) is 24.8. The van der Waals surface area contributed by atoms with E-state index >= 15 is 19.2 Å². The van der Waals surface area contributed by atoms with Gasteiger partial charge in [-0.05, 0) is 154 Å². The zero-order chi connectivity index (χ0) is 85.3. The lowest BCUT2D eigenvalue weighted by Gasteiger charge is -2.47. The van der Waals surface area contributed by atoms with Crippen LogP contribution in [-0.4, -0.2) is 216 Å². The zero-order valence-corrected chi connectivity index (χ0v) is 68.1. The molecule has 39 heteroatoms. The lowest BCUT2D eigenvalue weighted by atomic mass is 9.86. The van der Waals surface area contributed by atoms with Gasteiger partial charge in [-0.3, -0.25) is 43.2 Å². The Kier molecular flexibility index (Phi) is 30.0. The van der Waals surface area contributed by atoms with E-state index in [0.717, 1.165) is 92.1 Å². The highest BCUT2D eigenvalue weighted by Crippen LogP contribution is 2.50. The minimum absolute atomic E-state index is 0.0398. The molecule has 118 heavy (non-hydrogen) atoms. The predicted molar refractivity (Wildman–Crippen MR) is 428 cm³/mol. The van der Waals surface area contributed by atoms with Crippen molar-refractivity contribution in [2.24, 2.45) is 17.4 Å². The lowest BCUT2D eigenvalue weighted by molar-refractivity contribution is -0.333. The first-order valence-corrected chi connectivity index (χ1v) is 41.8. The Hall–Kier alpha value is -9.03. The molecule has 3 saturated heterocycles. The number of ether oxygens (including phenoxy) is 6. The Morgan fingerprint density at radius 3 is 1.97 bits per heavy atom. The van der Waals surface area contributed by atoms with E-state index in [2.05, 4.69) is 47.9 Å². The molecule has 5 aromatic rings. The molecule has 5 aromatic carbocycles. The van der Waals surface area contributed by atoms with E-state index in [1.54, 1.807) is 0 Å². The van der Waals surface area contributed by atoms with Crippen molar-refractivity contribution in [1.82, 2.24) is 47.9 Å². The highest BCUT2D eigenvalue weighted by molar-refractivity contribution is 8.77. The van der Waals surface area contributed by atoms with Gasteiger partial charge in [-0.25, -0.2) is 0 Å². The number of phenolic OH excluding ortho intramolecular Hbond substituents is 3. The molecule has 1 unspecified atom stereocenters. The molecule has 19 atom stereocenters. The molecule has 11 bridgehead atoms. The van der Waals surface area contributed by atoms with Crippen molar-refractivity contribution >= 4 is 98.0 Å². The number of fused-ring (bicyclic) bond motifs is 15. The van der Waals surface area contributed by atoms with Crippen molar-refractivity contribution in [3.8, 4) is 57.1 Å². The van der Waals surface area contributed by atoms with E-state index in [1.165, 1.54) is 39.1 Å². The molecule has 0 aliphatic carbocycles. The average Bonchev–Trinajstić information content (AvgIpc) is 0.771. The van der Waals surface area contributed by atoms with Crippen LogP contribution in [-0.2, 0) is 57.4 Å². The van der Waals surface area contributed by atoms with E-state index in [-0.39, 0.29) is 75.6 Å². The Morgan fingerprint density at radius 2 is 1.35 bits per heavy atom. The molecule has 0 spiro atoms. The number of halogens is 2. The number of carbonyl (C=O) groups is 9. The Morgan fingerprint density at radius 1 is 0.703 bits per heavy atom. The molecule has 9 amide bonds. The molecule has 8 aliphatic rings. The molecule has 35 nitrogen and oxygen atoms in total.